The molecule has 0 saturated carbocycles. The van der Waals surface area contributed by atoms with Gasteiger partial charge in [0.1, 0.15) is 17.7 Å². The fourth-order valence-electron chi connectivity index (χ4n) is 7.06. The van der Waals surface area contributed by atoms with Crippen LogP contribution in [0.15, 0.2) is 48.5 Å². The van der Waals surface area contributed by atoms with Crippen LogP contribution in [0.25, 0.3) is 0 Å². The predicted octanol–water partition coefficient (Wildman–Crippen LogP) is 6.48. The van der Waals surface area contributed by atoms with Gasteiger partial charge >= 0.3 is 6.09 Å². The van der Waals surface area contributed by atoms with Crippen molar-refractivity contribution in [2.75, 3.05) is 31.1 Å². The summed E-state index contributed by atoms with van der Waals surface area (Å²) in [5.41, 5.74) is 2.78. The number of hydrogen-bond donors (Lipinski definition) is 2. The number of amides is 1. The summed E-state index contributed by atoms with van der Waals surface area (Å²) in [6.07, 6.45) is -1.53. The Bertz CT molecular complexity index is 1120. The Labute approximate surface area is 239 Å². The van der Waals surface area contributed by atoms with Crippen molar-refractivity contribution in [1.82, 2.24) is 4.90 Å². The lowest BCUT2D eigenvalue weighted by atomic mass is 9.85. The summed E-state index contributed by atoms with van der Waals surface area (Å²) in [6, 6.07) is 14.4. The molecular weight excluding hydrogens is 527 g/mol. The van der Waals surface area contributed by atoms with Crippen LogP contribution in [0.2, 0.25) is 16.6 Å². The molecule has 4 atom stereocenters. The van der Waals surface area contributed by atoms with Crippen molar-refractivity contribution in [3.63, 3.8) is 0 Å². The fourth-order valence-corrected chi connectivity index (χ4v) is 12.6. The zero-order valence-corrected chi connectivity index (χ0v) is 25.6. The van der Waals surface area contributed by atoms with Gasteiger partial charge in [0.2, 0.25) is 8.32 Å². The Kier molecular flexibility index (Phi) is 9.47. The van der Waals surface area contributed by atoms with Crippen molar-refractivity contribution < 1.29 is 28.6 Å². The molecule has 0 bridgehead atoms. The van der Waals surface area contributed by atoms with Crippen LogP contribution < -0.4 is 9.64 Å². The Morgan fingerprint density at radius 2 is 1.62 bits per heavy atom. The van der Waals surface area contributed by atoms with E-state index in [9.17, 15) is 19.4 Å². The maximum Gasteiger partial charge on any atom is 0.407 e. The number of carboxylic acid groups (broad SMARTS) is 1. The molecule has 0 radical (unpaired) electrons. The molecule has 2 aromatic rings. The number of aliphatic hydroxyl groups excluding tert-OH is 1. The van der Waals surface area contributed by atoms with Crippen molar-refractivity contribution in [3.05, 3.63) is 59.9 Å². The smallest absolute Gasteiger partial charge is 0.407 e. The summed E-state index contributed by atoms with van der Waals surface area (Å²) in [6.45, 7) is 15.0. The normalized spacial score (nSPS) is 23.9. The summed E-state index contributed by atoms with van der Waals surface area (Å²) >= 11 is 0. The van der Waals surface area contributed by atoms with Crippen molar-refractivity contribution in [2.24, 2.45) is 0 Å². The van der Waals surface area contributed by atoms with Gasteiger partial charge < -0.3 is 29.2 Å². The monoisotopic (exact) mass is 572 g/mol. The number of benzene rings is 2. The lowest BCUT2D eigenvalue weighted by Gasteiger charge is -2.49. The molecule has 2 aliphatic rings. The quantitative estimate of drug-likeness (QED) is 0.335. The molecule has 9 heteroatoms. The topological polar surface area (TPSA) is 82.5 Å². The number of β-amino-alcohol motifs (C(OH)–C–C–N with tert-alkyl or cyclic N) is 1. The molecule has 4 unspecified atom stereocenters. The van der Waals surface area contributed by atoms with E-state index in [-0.39, 0.29) is 30.9 Å². The van der Waals surface area contributed by atoms with Crippen LogP contribution in [-0.4, -0.2) is 74.0 Å². The lowest BCUT2D eigenvalue weighted by Crippen LogP contribution is -2.59. The molecule has 0 aliphatic carbocycles. The molecule has 2 aliphatic heterocycles. The van der Waals surface area contributed by atoms with Gasteiger partial charge in [0.15, 0.2) is 0 Å². The molecule has 40 heavy (non-hydrogen) atoms. The third-order valence-electron chi connectivity index (χ3n) is 8.84. The summed E-state index contributed by atoms with van der Waals surface area (Å²) in [4.78, 5) is 15.3. The lowest BCUT2D eigenvalue weighted by molar-refractivity contribution is -0.0190. The first-order valence-electron chi connectivity index (χ1n) is 14.5. The molecule has 7 nitrogen and oxygen atoms in total. The number of nitrogens with zero attached hydrogens (tertiary/aromatic N) is 2. The van der Waals surface area contributed by atoms with Gasteiger partial charge in [-0.2, -0.15) is 0 Å². The van der Waals surface area contributed by atoms with Crippen LogP contribution in [0, 0.1) is 5.82 Å². The van der Waals surface area contributed by atoms with Gasteiger partial charge in [0.25, 0.3) is 0 Å². The Morgan fingerprint density at radius 1 is 0.975 bits per heavy atom. The molecule has 1 amide bonds. The standard InChI is InChI=1S/C31H45FN2O5Si/c1-20(2)40(21(3)4,22(5)6)39-29-19-34(31(36)37)18-28(35)30(29)23-10-12-26(13-11-23)38-27-14-15-33(17-27)25-9-7-8-24(32)16-25/h7-13,16,20-22,27-30,35H,14-15,17-19H2,1-6H3,(H,36,37). The molecule has 2 saturated heterocycles. The van der Waals surface area contributed by atoms with E-state index in [0.29, 0.717) is 23.2 Å². The first kappa shape index (κ1) is 30.3. The molecule has 220 valence electrons. The van der Waals surface area contributed by atoms with Crippen LogP contribution >= 0.6 is 0 Å². The minimum atomic E-state index is -2.34. The molecule has 2 heterocycles. The Balaban J connectivity index is 1.52. The fraction of sp³-hybridized carbons (Fsp3) is 0.581. The van der Waals surface area contributed by atoms with Gasteiger partial charge in [0.05, 0.1) is 25.3 Å². The maximum absolute atomic E-state index is 13.7. The largest absolute Gasteiger partial charge is 0.489 e. The first-order valence-corrected chi connectivity index (χ1v) is 16.7. The summed E-state index contributed by atoms with van der Waals surface area (Å²) < 4.78 is 27.0. The van der Waals surface area contributed by atoms with Gasteiger partial charge in [-0.3, -0.25) is 0 Å². The zero-order chi connectivity index (χ0) is 29.2. The third kappa shape index (κ3) is 6.31. The maximum atomic E-state index is 13.7. The summed E-state index contributed by atoms with van der Waals surface area (Å²) in [7, 11) is -2.34. The highest BCUT2D eigenvalue weighted by Crippen LogP contribution is 2.45. The highest BCUT2D eigenvalue weighted by Gasteiger charge is 2.50. The molecule has 2 fully saturated rings. The average molecular weight is 573 g/mol. The second-order valence-corrected chi connectivity index (χ2v) is 17.7. The van der Waals surface area contributed by atoms with E-state index in [0.717, 1.165) is 30.0 Å². The Hall–Kier alpha value is -2.62. The van der Waals surface area contributed by atoms with Crippen molar-refractivity contribution >= 4 is 20.1 Å². The SMILES string of the molecule is CC(C)[Si](OC1CN(C(=O)O)CC(O)C1c1ccc(OC2CCN(c3cccc(F)c3)C2)cc1)(C(C)C)C(C)C. The number of carbonyl (C=O) groups is 1. The second kappa shape index (κ2) is 12.5. The molecule has 0 spiro atoms. The molecular formula is C31H45FN2O5Si. The predicted molar refractivity (Wildman–Crippen MR) is 158 cm³/mol. The Morgan fingerprint density at radius 3 is 2.20 bits per heavy atom. The van der Waals surface area contributed by atoms with E-state index in [4.69, 9.17) is 9.16 Å². The van der Waals surface area contributed by atoms with Crippen LogP contribution in [0.1, 0.15) is 59.4 Å². The van der Waals surface area contributed by atoms with Crippen LogP contribution in [0.4, 0.5) is 14.9 Å². The van der Waals surface area contributed by atoms with Crippen molar-refractivity contribution in [2.45, 2.75) is 88.8 Å². The number of likely N-dealkylation sites (tertiary alicyclic amines) is 1. The van der Waals surface area contributed by atoms with Crippen molar-refractivity contribution in [3.8, 4) is 5.75 Å². The molecule has 4 rings (SSSR count). The van der Waals surface area contributed by atoms with Gasteiger partial charge in [0, 0.05) is 31.1 Å². The minimum absolute atomic E-state index is 0.00987. The highest BCUT2D eigenvalue weighted by atomic mass is 28.4. The minimum Gasteiger partial charge on any atom is -0.489 e. The molecule has 0 aromatic heterocycles. The van der Waals surface area contributed by atoms with E-state index in [1.54, 1.807) is 12.1 Å². The van der Waals surface area contributed by atoms with E-state index in [1.807, 2.05) is 30.3 Å². The van der Waals surface area contributed by atoms with Crippen molar-refractivity contribution in [1.29, 1.82) is 0 Å². The van der Waals surface area contributed by atoms with Crippen LogP contribution in [-0.2, 0) is 4.43 Å². The number of rotatable bonds is 9. The molecule has 2 N–H and O–H groups in total. The summed E-state index contributed by atoms with van der Waals surface area (Å²) in [5, 5.41) is 21.0. The van der Waals surface area contributed by atoms with Crippen LogP contribution in [0.5, 0.6) is 5.75 Å². The second-order valence-electron chi connectivity index (χ2n) is 12.3. The number of hydrogen-bond acceptors (Lipinski definition) is 5. The van der Waals surface area contributed by atoms with E-state index >= 15 is 0 Å². The van der Waals surface area contributed by atoms with Gasteiger partial charge in [-0.1, -0.05) is 59.7 Å². The number of ether oxygens (including phenoxy) is 1. The zero-order valence-electron chi connectivity index (χ0n) is 24.6. The highest BCUT2D eigenvalue weighted by molar-refractivity contribution is 6.77. The average Bonchev–Trinajstić information content (AvgIpc) is 3.35. The number of piperidine rings is 1. The van der Waals surface area contributed by atoms with Gasteiger partial charge in [-0.15, -0.1) is 0 Å². The number of halogens is 1. The van der Waals surface area contributed by atoms with Gasteiger partial charge in [-0.25, -0.2) is 9.18 Å². The molecule has 2 aromatic carbocycles. The van der Waals surface area contributed by atoms with E-state index in [2.05, 4.69) is 46.4 Å². The van der Waals surface area contributed by atoms with E-state index in [1.165, 1.54) is 11.0 Å². The van der Waals surface area contributed by atoms with Gasteiger partial charge in [-0.05, 0) is 52.5 Å². The third-order valence-corrected chi connectivity index (χ3v) is 15.0. The summed E-state index contributed by atoms with van der Waals surface area (Å²) in [5.74, 6) is 0.147. The van der Waals surface area contributed by atoms with E-state index < -0.39 is 26.6 Å². The number of anilines is 1. The number of aliphatic hydroxyl groups is 1. The first-order chi connectivity index (χ1) is 18.9. The van der Waals surface area contributed by atoms with Crippen LogP contribution in [0.3, 0.4) is 0 Å².